The average Bonchev–Trinajstić information content (AvgIpc) is 3.13. The summed E-state index contributed by atoms with van der Waals surface area (Å²) in [5.74, 6) is -1.59. The van der Waals surface area contributed by atoms with Crippen LogP contribution in [-0.4, -0.2) is 41.8 Å². The summed E-state index contributed by atoms with van der Waals surface area (Å²) in [6.07, 6.45) is 1.25. The number of carbonyl (C=O) groups excluding carboxylic acids is 2. The number of rotatable bonds is 10. The summed E-state index contributed by atoms with van der Waals surface area (Å²) in [6, 6.07) is 14.7. The molecule has 1 aliphatic carbocycles. The van der Waals surface area contributed by atoms with Gasteiger partial charge in [-0.05, 0) is 48.4 Å². The molecule has 7 nitrogen and oxygen atoms in total. The van der Waals surface area contributed by atoms with Gasteiger partial charge >= 0.3 is 12.1 Å². The Bertz CT molecular complexity index is 1060. The van der Waals surface area contributed by atoms with Crippen LogP contribution in [0.5, 0.6) is 0 Å². The zero-order valence-corrected chi connectivity index (χ0v) is 20.7. The van der Waals surface area contributed by atoms with Gasteiger partial charge in [0.2, 0.25) is 5.91 Å². The van der Waals surface area contributed by atoms with Crippen LogP contribution < -0.4 is 10.6 Å². The minimum Gasteiger partial charge on any atom is -0.481 e. The minimum absolute atomic E-state index is 0.0754. The molecule has 0 aromatic heterocycles. The molecule has 2 aromatic rings. The van der Waals surface area contributed by atoms with E-state index in [-0.39, 0.29) is 31.3 Å². The van der Waals surface area contributed by atoms with Crippen molar-refractivity contribution in [2.24, 2.45) is 5.92 Å². The van der Waals surface area contributed by atoms with E-state index < -0.39 is 30.1 Å². The molecule has 7 heteroatoms. The summed E-state index contributed by atoms with van der Waals surface area (Å²) in [4.78, 5) is 36.9. The van der Waals surface area contributed by atoms with Crippen LogP contribution in [0.15, 0.2) is 60.2 Å². The number of carboxylic acid groups (broad SMARTS) is 1. The van der Waals surface area contributed by atoms with Crippen LogP contribution >= 0.6 is 0 Å². The van der Waals surface area contributed by atoms with Crippen LogP contribution in [0.2, 0.25) is 0 Å². The number of hydrogen-bond donors (Lipinski definition) is 3. The molecule has 0 heterocycles. The largest absolute Gasteiger partial charge is 0.481 e. The summed E-state index contributed by atoms with van der Waals surface area (Å²) >= 11 is 0. The topological polar surface area (TPSA) is 105 Å². The molecule has 0 bridgehead atoms. The van der Waals surface area contributed by atoms with Gasteiger partial charge in [-0.15, -0.1) is 0 Å². The van der Waals surface area contributed by atoms with Gasteiger partial charge in [-0.25, -0.2) is 4.79 Å². The second-order valence-corrected chi connectivity index (χ2v) is 9.50. The third-order valence-electron chi connectivity index (χ3n) is 6.24. The van der Waals surface area contributed by atoms with Gasteiger partial charge < -0.3 is 20.5 Å². The Morgan fingerprint density at radius 3 is 2.06 bits per heavy atom. The lowest BCUT2D eigenvalue weighted by molar-refractivity contribution is -0.138. The maximum atomic E-state index is 13.0. The van der Waals surface area contributed by atoms with Crippen molar-refractivity contribution in [2.75, 3.05) is 6.61 Å². The SMILES string of the molecule is CC(C)=CCC(NC(=O)OCC1c2ccccc2-c2ccccc21)C(=O)NC(CC(=O)O)C(C)C. The molecular weight excluding hydrogens is 444 g/mol. The van der Waals surface area contributed by atoms with E-state index in [9.17, 15) is 14.4 Å². The predicted molar refractivity (Wildman–Crippen MR) is 135 cm³/mol. The smallest absolute Gasteiger partial charge is 0.407 e. The van der Waals surface area contributed by atoms with Crippen molar-refractivity contribution in [3.8, 4) is 11.1 Å². The summed E-state index contributed by atoms with van der Waals surface area (Å²) in [5.41, 5.74) is 5.48. The van der Waals surface area contributed by atoms with Crippen LogP contribution in [0, 0.1) is 5.92 Å². The quantitative estimate of drug-likeness (QED) is 0.423. The number of carbonyl (C=O) groups is 3. The third-order valence-corrected chi connectivity index (χ3v) is 6.24. The van der Waals surface area contributed by atoms with Gasteiger partial charge in [-0.2, -0.15) is 0 Å². The second kappa shape index (κ2) is 11.7. The van der Waals surface area contributed by atoms with Crippen molar-refractivity contribution in [3.05, 3.63) is 71.3 Å². The van der Waals surface area contributed by atoms with Crippen molar-refractivity contribution in [3.63, 3.8) is 0 Å². The Balaban J connectivity index is 1.68. The summed E-state index contributed by atoms with van der Waals surface area (Å²) in [5, 5.41) is 14.6. The lowest BCUT2D eigenvalue weighted by Crippen LogP contribution is -2.51. The maximum absolute atomic E-state index is 13.0. The molecular formula is C28H34N2O5. The fraction of sp³-hybridized carbons (Fsp3) is 0.393. The Kier molecular flexibility index (Phi) is 8.68. The Morgan fingerprint density at radius 2 is 1.54 bits per heavy atom. The van der Waals surface area contributed by atoms with Gasteiger partial charge in [0.25, 0.3) is 0 Å². The number of carboxylic acids is 1. The zero-order valence-electron chi connectivity index (χ0n) is 20.7. The molecule has 0 saturated carbocycles. The number of benzene rings is 2. The monoisotopic (exact) mass is 478 g/mol. The molecule has 3 rings (SSSR count). The van der Waals surface area contributed by atoms with Crippen molar-refractivity contribution < 1.29 is 24.2 Å². The first-order valence-electron chi connectivity index (χ1n) is 11.9. The molecule has 0 saturated heterocycles. The van der Waals surface area contributed by atoms with Crippen LogP contribution in [0.4, 0.5) is 4.79 Å². The highest BCUT2D eigenvalue weighted by Crippen LogP contribution is 2.44. The number of aliphatic carboxylic acids is 1. The molecule has 0 fully saturated rings. The van der Waals surface area contributed by atoms with Crippen molar-refractivity contribution in [1.82, 2.24) is 10.6 Å². The Morgan fingerprint density at radius 1 is 0.971 bits per heavy atom. The molecule has 35 heavy (non-hydrogen) atoms. The fourth-order valence-corrected chi connectivity index (χ4v) is 4.29. The molecule has 3 N–H and O–H groups in total. The normalized spacial score (nSPS) is 13.9. The van der Waals surface area contributed by atoms with Gasteiger partial charge in [0.15, 0.2) is 0 Å². The van der Waals surface area contributed by atoms with E-state index in [0.717, 1.165) is 27.8 Å². The second-order valence-electron chi connectivity index (χ2n) is 9.50. The minimum atomic E-state index is -0.991. The Labute approximate surface area is 206 Å². The molecule has 2 atom stereocenters. The molecule has 2 amide bonds. The summed E-state index contributed by atoms with van der Waals surface area (Å²) in [7, 11) is 0. The standard InChI is InChI=1S/C28H34N2O5/c1-17(2)13-14-24(27(33)29-25(18(3)4)15-26(31)32)30-28(34)35-16-23-21-11-7-5-9-19(21)20-10-6-8-12-22(20)23/h5-13,18,23-25H,14-16H2,1-4H3,(H,29,33)(H,30,34)(H,31,32). The Hall–Kier alpha value is -3.61. The first-order valence-corrected chi connectivity index (χ1v) is 11.9. The molecule has 0 radical (unpaired) electrons. The number of amides is 2. The van der Waals surface area contributed by atoms with Gasteiger partial charge in [0.1, 0.15) is 12.6 Å². The van der Waals surface area contributed by atoms with E-state index in [0.29, 0.717) is 0 Å². The molecule has 2 unspecified atom stereocenters. The third kappa shape index (κ3) is 6.72. The van der Waals surface area contributed by atoms with Crippen LogP contribution in [0.3, 0.4) is 0 Å². The van der Waals surface area contributed by atoms with Crippen molar-refractivity contribution in [2.45, 2.75) is 58.5 Å². The number of alkyl carbamates (subject to hydrolysis) is 1. The van der Waals surface area contributed by atoms with Crippen LogP contribution in [0.1, 0.15) is 57.6 Å². The number of nitrogens with one attached hydrogen (secondary N) is 2. The number of allylic oxidation sites excluding steroid dienone is 1. The number of ether oxygens (including phenoxy) is 1. The zero-order chi connectivity index (χ0) is 25.5. The highest BCUT2D eigenvalue weighted by molar-refractivity contribution is 5.86. The van der Waals surface area contributed by atoms with Crippen LogP contribution in [-0.2, 0) is 14.3 Å². The first kappa shape index (κ1) is 26.0. The highest BCUT2D eigenvalue weighted by Gasteiger charge is 2.30. The predicted octanol–water partition coefficient (Wildman–Crippen LogP) is 4.87. The maximum Gasteiger partial charge on any atom is 0.407 e. The van der Waals surface area contributed by atoms with Gasteiger partial charge in [0.05, 0.1) is 6.42 Å². The molecule has 1 aliphatic rings. The summed E-state index contributed by atoms with van der Waals surface area (Å²) in [6.45, 7) is 7.65. The van der Waals surface area contributed by atoms with E-state index in [1.807, 2.05) is 70.2 Å². The van der Waals surface area contributed by atoms with Crippen LogP contribution in [0.25, 0.3) is 11.1 Å². The van der Waals surface area contributed by atoms with E-state index in [1.54, 1.807) is 0 Å². The number of hydrogen-bond acceptors (Lipinski definition) is 4. The lowest BCUT2D eigenvalue weighted by atomic mass is 9.98. The van der Waals surface area contributed by atoms with Crippen molar-refractivity contribution in [1.29, 1.82) is 0 Å². The lowest BCUT2D eigenvalue weighted by Gasteiger charge is -2.24. The average molecular weight is 479 g/mol. The van der Waals surface area contributed by atoms with E-state index in [1.165, 1.54) is 0 Å². The first-order chi connectivity index (χ1) is 16.7. The fourth-order valence-electron chi connectivity index (χ4n) is 4.29. The molecule has 2 aromatic carbocycles. The van der Waals surface area contributed by atoms with E-state index >= 15 is 0 Å². The highest BCUT2D eigenvalue weighted by atomic mass is 16.5. The van der Waals surface area contributed by atoms with E-state index in [4.69, 9.17) is 9.84 Å². The molecule has 0 spiro atoms. The van der Waals surface area contributed by atoms with Crippen molar-refractivity contribution >= 4 is 18.0 Å². The molecule has 0 aliphatic heterocycles. The molecule has 186 valence electrons. The number of fused-ring (bicyclic) bond motifs is 3. The van der Waals surface area contributed by atoms with Gasteiger partial charge in [-0.3, -0.25) is 9.59 Å². The summed E-state index contributed by atoms with van der Waals surface area (Å²) < 4.78 is 5.60. The van der Waals surface area contributed by atoms with Gasteiger partial charge in [0, 0.05) is 12.0 Å². The van der Waals surface area contributed by atoms with Gasteiger partial charge in [-0.1, -0.05) is 74.0 Å². The van der Waals surface area contributed by atoms with E-state index in [2.05, 4.69) is 22.8 Å².